The van der Waals surface area contributed by atoms with Crippen LogP contribution in [0.1, 0.15) is 24.2 Å². The molecule has 0 spiro atoms. The van der Waals surface area contributed by atoms with Crippen LogP contribution in [0.3, 0.4) is 0 Å². The molecule has 0 aliphatic rings. The van der Waals surface area contributed by atoms with Gasteiger partial charge in [0, 0.05) is 28.6 Å². The van der Waals surface area contributed by atoms with E-state index >= 15 is 0 Å². The largest absolute Gasteiger partial charge is 0.497 e. The number of benzene rings is 2. The Bertz CT molecular complexity index is 1030. The number of hydrogen-bond acceptors (Lipinski definition) is 3. The van der Waals surface area contributed by atoms with Gasteiger partial charge in [0.1, 0.15) is 11.6 Å². The highest BCUT2D eigenvalue weighted by molar-refractivity contribution is 6.34. The Morgan fingerprint density at radius 1 is 1.19 bits per heavy atom. The van der Waals surface area contributed by atoms with Crippen LogP contribution in [-0.2, 0) is 0 Å². The SMILES string of the molecule is COc1ccc(-c2c(Cl)cnc3ccc(C(=O)N=C(N)C(C)C)cc23)cc1. The van der Waals surface area contributed by atoms with Gasteiger partial charge in [0.15, 0.2) is 0 Å². The van der Waals surface area contributed by atoms with Crippen molar-refractivity contribution in [3.63, 3.8) is 0 Å². The number of methoxy groups -OCH3 is 1. The molecule has 27 heavy (non-hydrogen) atoms. The summed E-state index contributed by atoms with van der Waals surface area (Å²) in [6.07, 6.45) is 1.61. The zero-order valence-corrected chi connectivity index (χ0v) is 16.1. The summed E-state index contributed by atoms with van der Waals surface area (Å²) in [5, 5.41) is 1.28. The second kappa shape index (κ2) is 7.76. The van der Waals surface area contributed by atoms with Crippen LogP contribution < -0.4 is 10.5 Å². The fourth-order valence-corrected chi connectivity index (χ4v) is 2.92. The number of nitrogens with zero attached hydrogens (tertiary/aromatic N) is 2. The van der Waals surface area contributed by atoms with E-state index in [1.165, 1.54) is 0 Å². The van der Waals surface area contributed by atoms with Gasteiger partial charge in [-0.3, -0.25) is 9.78 Å². The van der Waals surface area contributed by atoms with Gasteiger partial charge in [0.2, 0.25) is 0 Å². The molecular weight excluding hydrogens is 362 g/mol. The zero-order valence-electron chi connectivity index (χ0n) is 15.4. The van der Waals surface area contributed by atoms with E-state index in [2.05, 4.69) is 9.98 Å². The number of pyridine rings is 1. The first kappa shape index (κ1) is 18.9. The number of nitrogens with two attached hydrogens (primary N) is 1. The lowest BCUT2D eigenvalue weighted by molar-refractivity contribution is 0.100. The molecule has 0 atom stereocenters. The summed E-state index contributed by atoms with van der Waals surface area (Å²) in [6, 6.07) is 12.8. The Balaban J connectivity index is 2.14. The van der Waals surface area contributed by atoms with Gasteiger partial charge in [-0.2, -0.15) is 4.99 Å². The summed E-state index contributed by atoms with van der Waals surface area (Å²) in [5.74, 6) is 0.673. The maximum Gasteiger partial charge on any atom is 0.278 e. The van der Waals surface area contributed by atoms with Crippen LogP contribution in [0, 0.1) is 5.92 Å². The van der Waals surface area contributed by atoms with Crippen LogP contribution in [0.2, 0.25) is 5.02 Å². The Morgan fingerprint density at radius 2 is 1.89 bits per heavy atom. The zero-order chi connectivity index (χ0) is 19.6. The van der Waals surface area contributed by atoms with Crippen molar-refractivity contribution in [2.45, 2.75) is 13.8 Å². The van der Waals surface area contributed by atoms with Gasteiger partial charge in [-0.05, 0) is 35.9 Å². The van der Waals surface area contributed by atoms with Crippen molar-refractivity contribution in [2.24, 2.45) is 16.6 Å². The van der Waals surface area contributed by atoms with Crippen molar-refractivity contribution in [2.75, 3.05) is 7.11 Å². The maximum absolute atomic E-state index is 12.5. The Hall–Kier alpha value is -2.92. The maximum atomic E-state index is 12.5. The second-order valence-electron chi connectivity index (χ2n) is 6.44. The first-order valence-electron chi connectivity index (χ1n) is 8.51. The number of rotatable bonds is 4. The van der Waals surface area contributed by atoms with Crippen LogP contribution in [0.5, 0.6) is 5.75 Å². The molecule has 0 fully saturated rings. The van der Waals surface area contributed by atoms with Crippen molar-refractivity contribution in [3.05, 3.63) is 59.2 Å². The van der Waals surface area contributed by atoms with Crippen LogP contribution in [0.25, 0.3) is 22.0 Å². The predicted octanol–water partition coefficient (Wildman–Crippen LogP) is 4.72. The van der Waals surface area contributed by atoms with Crippen LogP contribution in [0.15, 0.2) is 53.7 Å². The molecule has 5 nitrogen and oxygen atoms in total. The molecule has 6 heteroatoms. The van der Waals surface area contributed by atoms with Gasteiger partial charge in [0.05, 0.1) is 17.6 Å². The van der Waals surface area contributed by atoms with Crippen molar-refractivity contribution < 1.29 is 9.53 Å². The molecule has 3 rings (SSSR count). The Kier molecular flexibility index (Phi) is 5.42. The van der Waals surface area contributed by atoms with Crippen molar-refractivity contribution in [1.82, 2.24) is 4.98 Å². The lowest BCUT2D eigenvalue weighted by Crippen LogP contribution is -2.20. The minimum absolute atomic E-state index is 0.000350. The summed E-state index contributed by atoms with van der Waals surface area (Å²) in [4.78, 5) is 20.8. The number of halogens is 1. The molecule has 0 unspecified atom stereocenters. The summed E-state index contributed by atoms with van der Waals surface area (Å²) < 4.78 is 5.21. The number of amidine groups is 1. The first-order chi connectivity index (χ1) is 12.9. The Labute approximate surface area is 162 Å². The minimum atomic E-state index is -0.385. The van der Waals surface area contributed by atoms with E-state index in [4.69, 9.17) is 22.1 Å². The third-order valence-corrected chi connectivity index (χ3v) is 4.56. The Morgan fingerprint density at radius 3 is 2.52 bits per heavy atom. The molecule has 0 saturated heterocycles. The molecule has 1 heterocycles. The van der Waals surface area contributed by atoms with Crippen molar-refractivity contribution in [1.29, 1.82) is 0 Å². The van der Waals surface area contributed by atoms with Gasteiger partial charge >= 0.3 is 0 Å². The van der Waals surface area contributed by atoms with Crippen LogP contribution >= 0.6 is 11.6 Å². The van der Waals surface area contributed by atoms with E-state index in [1.54, 1.807) is 31.5 Å². The summed E-state index contributed by atoms with van der Waals surface area (Å²) in [5.41, 5.74) is 8.71. The number of ether oxygens (including phenoxy) is 1. The topological polar surface area (TPSA) is 77.6 Å². The number of aliphatic imine (C=N–C) groups is 1. The standard InChI is InChI=1S/C21H20ClN3O2/c1-12(2)20(23)25-21(26)14-6-9-18-16(10-14)19(17(22)11-24-18)13-4-7-15(27-3)8-5-13/h4-12H,1-3H3,(H2,23,25,26). The predicted molar refractivity (Wildman–Crippen MR) is 110 cm³/mol. The fourth-order valence-electron chi connectivity index (χ4n) is 2.66. The molecule has 0 radical (unpaired) electrons. The molecule has 0 aliphatic carbocycles. The summed E-state index contributed by atoms with van der Waals surface area (Å²) in [7, 11) is 1.62. The fraction of sp³-hybridized carbons (Fsp3) is 0.190. The number of fused-ring (bicyclic) bond motifs is 1. The second-order valence-corrected chi connectivity index (χ2v) is 6.85. The highest BCUT2D eigenvalue weighted by atomic mass is 35.5. The highest BCUT2D eigenvalue weighted by Crippen LogP contribution is 2.35. The van der Waals surface area contributed by atoms with E-state index in [0.717, 1.165) is 27.8 Å². The number of amides is 1. The average Bonchev–Trinajstić information content (AvgIpc) is 2.67. The van der Waals surface area contributed by atoms with Crippen molar-refractivity contribution >= 4 is 34.2 Å². The van der Waals surface area contributed by atoms with E-state index < -0.39 is 0 Å². The molecule has 1 amide bonds. The van der Waals surface area contributed by atoms with Gasteiger partial charge in [-0.25, -0.2) is 0 Å². The van der Waals surface area contributed by atoms with Gasteiger partial charge in [0.25, 0.3) is 5.91 Å². The van der Waals surface area contributed by atoms with E-state index in [-0.39, 0.29) is 11.8 Å². The first-order valence-corrected chi connectivity index (χ1v) is 8.89. The number of carbonyl (C=O) groups is 1. The third-order valence-electron chi connectivity index (χ3n) is 4.27. The summed E-state index contributed by atoms with van der Waals surface area (Å²) >= 11 is 6.44. The van der Waals surface area contributed by atoms with Crippen molar-refractivity contribution in [3.8, 4) is 16.9 Å². The summed E-state index contributed by atoms with van der Waals surface area (Å²) in [6.45, 7) is 3.77. The normalized spacial score (nSPS) is 11.8. The van der Waals surface area contributed by atoms with E-state index in [0.29, 0.717) is 16.4 Å². The van der Waals surface area contributed by atoms with E-state index in [9.17, 15) is 4.79 Å². The van der Waals surface area contributed by atoms with E-state index in [1.807, 2.05) is 38.1 Å². The van der Waals surface area contributed by atoms with Gasteiger partial charge in [-0.1, -0.05) is 37.6 Å². The average molecular weight is 382 g/mol. The smallest absolute Gasteiger partial charge is 0.278 e. The quantitative estimate of drug-likeness (QED) is 0.524. The molecule has 2 N–H and O–H groups in total. The lowest BCUT2D eigenvalue weighted by Gasteiger charge is -2.11. The van der Waals surface area contributed by atoms with Gasteiger partial charge < -0.3 is 10.5 Å². The van der Waals surface area contributed by atoms with Crippen LogP contribution in [0.4, 0.5) is 0 Å². The number of carbonyl (C=O) groups excluding carboxylic acids is 1. The van der Waals surface area contributed by atoms with Crippen LogP contribution in [-0.4, -0.2) is 23.8 Å². The monoisotopic (exact) mass is 381 g/mol. The molecule has 0 saturated carbocycles. The molecule has 0 bridgehead atoms. The van der Waals surface area contributed by atoms with Gasteiger partial charge in [-0.15, -0.1) is 0 Å². The molecular formula is C21H20ClN3O2. The lowest BCUT2D eigenvalue weighted by atomic mass is 9.99. The minimum Gasteiger partial charge on any atom is -0.497 e. The third kappa shape index (κ3) is 3.93. The number of hydrogen-bond donors (Lipinski definition) is 1. The number of aromatic nitrogens is 1. The molecule has 1 aromatic heterocycles. The highest BCUT2D eigenvalue weighted by Gasteiger charge is 2.14. The molecule has 3 aromatic rings. The molecule has 2 aromatic carbocycles. The molecule has 138 valence electrons. The molecule has 0 aliphatic heterocycles.